The Bertz CT molecular complexity index is 541. The summed E-state index contributed by atoms with van der Waals surface area (Å²) >= 11 is 3.52. The molecule has 3 rings (SSSR count). The molecular formula is C13H16BrN3. The normalized spacial score (nSPS) is 20.2. The average Bonchev–Trinajstić information content (AvgIpc) is 2.89. The first-order chi connectivity index (χ1) is 8.24. The first-order valence-electron chi connectivity index (χ1n) is 6.08. The van der Waals surface area contributed by atoms with E-state index in [1.165, 1.54) is 35.9 Å². The summed E-state index contributed by atoms with van der Waals surface area (Å²) in [5.41, 5.74) is 2.57. The monoisotopic (exact) mass is 293 g/mol. The number of aromatic nitrogens is 2. The number of aryl methyl sites for hydroxylation is 1. The minimum Gasteiger partial charge on any atom is -0.314 e. The van der Waals surface area contributed by atoms with Gasteiger partial charge in [-0.2, -0.15) is 5.10 Å². The fraction of sp³-hybridized carbons (Fsp3) is 0.462. The molecule has 17 heavy (non-hydrogen) atoms. The van der Waals surface area contributed by atoms with Gasteiger partial charge in [-0.25, -0.2) is 0 Å². The van der Waals surface area contributed by atoms with Crippen LogP contribution < -0.4 is 5.32 Å². The molecule has 1 fully saturated rings. The topological polar surface area (TPSA) is 29.9 Å². The summed E-state index contributed by atoms with van der Waals surface area (Å²) < 4.78 is 2.85. The number of fused-ring (bicyclic) bond motifs is 1. The van der Waals surface area contributed by atoms with E-state index in [0.29, 0.717) is 6.04 Å². The predicted molar refractivity (Wildman–Crippen MR) is 73.1 cm³/mol. The van der Waals surface area contributed by atoms with Gasteiger partial charge in [0.25, 0.3) is 0 Å². The van der Waals surface area contributed by atoms with Gasteiger partial charge in [-0.05, 0) is 59.4 Å². The number of nitrogens with one attached hydrogen (secondary N) is 1. The van der Waals surface area contributed by atoms with Gasteiger partial charge in [0.15, 0.2) is 0 Å². The zero-order valence-corrected chi connectivity index (χ0v) is 11.5. The van der Waals surface area contributed by atoms with Crippen LogP contribution in [0.4, 0.5) is 0 Å². The van der Waals surface area contributed by atoms with E-state index >= 15 is 0 Å². The van der Waals surface area contributed by atoms with Crippen molar-refractivity contribution >= 4 is 26.8 Å². The van der Waals surface area contributed by atoms with Crippen LogP contribution in [0, 0.1) is 0 Å². The molecule has 1 atom stereocenters. The van der Waals surface area contributed by atoms with Crippen LogP contribution >= 0.6 is 15.9 Å². The highest BCUT2D eigenvalue weighted by molar-refractivity contribution is 9.10. The quantitative estimate of drug-likeness (QED) is 0.923. The van der Waals surface area contributed by atoms with Gasteiger partial charge in [0.2, 0.25) is 0 Å². The number of rotatable bonds is 2. The van der Waals surface area contributed by atoms with Crippen LogP contribution in [-0.4, -0.2) is 22.4 Å². The Morgan fingerprint density at radius 2 is 2.41 bits per heavy atom. The molecule has 0 aliphatic carbocycles. The van der Waals surface area contributed by atoms with Gasteiger partial charge in [-0.1, -0.05) is 6.07 Å². The molecule has 1 N–H and O–H groups in total. The van der Waals surface area contributed by atoms with E-state index < -0.39 is 0 Å². The van der Waals surface area contributed by atoms with E-state index in [2.05, 4.69) is 44.5 Å². The van der Waals surface area contributed by atoms with Crippen LogP contribution in [0.1, 0.15) is 18.4 Å². The fourth-order valence-corrected chi connectivity index (χ4v) is 3.17. The SMILES string of the molecule is Cn1nc(Br)c2cc(CC3CCCN3)ccc21. The molecule has 0 bridgehead atoms. The van der Waals surface area contributed by atoms with Crippen molar-refractivity contribution in [3.8, 4) is 0 Å². The molecule has 0 saturated carbocycles. The summed E-state index contributed by atoms with van der Waals surface area (Å²) in [5.74, 6) is 0. The summed E-state index contributed by atoms with van der Waals surface area (Å²) in [4.78, 5) is 0. The molecule has 3 nitrogen and oxygen atoms in total. The average molecular weight is 294 g/mol. The van der Waals surface area contributed by atoms with E-state index in [4.69, 9.17) is 0 Å². The van der Waals surface area contributed by atoms with E-state index in [1.54, 1.807) is 0 Å². The molecule has 0 spiro atoms. The third-order valence-corrected chi connectivity index (χ3v) is 4.10. The van der Waals surface area contributed by atoms with Gasteiger partial charge < -0.3 is 5.32 Å². The molecule has 0 radical (unpaired) electrons. The highest BCUT2D eigenvalue weighted by atomic mass is 79.9. The zero-order valence-electron chi connectivity index (χ0n) is 9.91. The number of halogens is 1. The van der Waals surface area contributed by atoms with E-state index in [0.717, 1.165) is 11.0 Å². The number of hydrogen-bond acceptors (Lipinski definition) is 2. The molecule has 2 aromatic rings. The molecule has 1 aromatic heterocycles. The first kappa shape index (κ1) is 11.2. The Morgan fingerprint density at radius 1 is 1.53 bits per heavy atom. The smallest absolute Gasteiger partial charge is 0.135 e. The third kappa shape index (κ3) is 2.11. The minimum absolute atomic E-state index is 0.655. The Morgan fingerprint density at radius 3 is 3.18 bits per heavy atom. The van der Waals surface area contributed by atoms with Crippen LogP contribution in [0.25, 0.3) is 10.9 Å². The lowest BCUT2D eigenvalue weighted by Gasteiger charge is -2.09. The van der Waals surface area contributed by atoms with Gasteiger partial charge in [0.05, 0.1) is 5.52 Å². The number of nitrogens with zero attached hydrogens (tertiary/aromatic N) is 2. The molecule has 4 heteroatoms. The zero-order chi connectivity index (χ0) is 11.8. The summed E-state index contributed by atoms with van der Waals surface area (Å²) in [7, 11) is 1.98. The van der Waals surface area contributed by atoms with Gasteiger partial charge in [-0.15, -0.1) is 0 Å². The van der Waals surface area contributed by atoms with Crippen LogP contribution in [0.2, 0.25) is 0 Å². The van der Waals surface area contributed by atoms with Gasteiger partial charge in [0, 0.05) is 18.5 Å². The molecule has 1 aromatic carbocycles. The van der Waals surface area contributed by atoms with Crippen molar-refractivity contribution in [2.75, 3.05) is 6.54 Å². The second-order valence-electron chi connectivity index (χ2n) is 4.76. The number of hydrogen-bond donors (Lipinski definition) is 1. The molecule has 2 heterocycles. The molecule has 1 aliphatic heterocycles. The maximum absolute atomic E-state index is 4.38. The third-order valence-electron chi connectivity index (χ3n) is 3.51. The Balaban J connectivity index is 1.92. The summed E-state index contributed by atoms with van der Waals surface area (Å²) in [6, 6.07) is 7.29. The van der Waals surface area contributed by atoms with Crippen molar-refractivity contribution in [2.24, 2.45) is 7.05 Å². The van der Waals surface area contributed by atoms with Crippen molar-refractivity contribution in [1.82, 2.24) is 15.1 Å². The molecule has 1 unspecified atom stereocenters. The molecule has 1 saturated heterocycles. The second-order valence-corrected chi connectivity index (χ2v) is 5.51. The largest absolute Gasteiger partial charge is 0.314 e. The van der Waals surface area contributed by atoms with Crippen molar-refractivity contribution < 1.29 is 0 Å². The van der Waals surface area contributed by atoms with Crippen LogP contribution in [0.3, 0.4) is 0 Å². The highest BCUT2D eigenvalue weighted by Crippen LogP contribution is 2.24. The van der Waals surface area contributed by atoms with E-state index in [-0.39, 0.29) is 0 Å². The standard InChI is InChI=1S/C13H16BrN3/c1-17-12-5-4-9(7-10-3-2-6-15-10)8-11(12)13(14)16-17/h4-5,8,10,15H,2-3,6-7H2,1H3. The van der Waals surface area contributed by atoms with Gasteiger partial charge in [0.1, 0.15) is 4.60 Å². The molecular weight excluding hydrogens is 278 g/mol. The van der Waals surface area contributed by atoms with Crippen LogP contribution in [-0.2, 0) is 13.5 Å². The molecule has 90 valence electrons. The summed E-state index contributed by atoms with van der Waals surface area (Å²) in [6.07, 6.45) is 3.73. The van der Waals surface area contributed by atoms with Crippen molar-refractivity contribution in [2.45, 2.75) is 25.3 Å². The van der Waals surface area contributed by atoms with Crippen LogP contribution in [0.5, 0.6) is 0 Å². The first-order valence-corrected chi connectivity index (χ1v) is 6.88. The van der Waals surface area contributed by atoms with E-state index in [1.807, 2.05) is 11.7 Å². The maximum Gasteiger partial charge on any atom is 0.135 e. The summed E-state index contributed by atoms with van der Waals surface area (Å²) in [6.45, 7) is 1.17. The van der Waals surface area contributed by atoms with Gasteiger partial charge in [-0.3, -0.25) is 4.68 Å². The van der Waals surface area contributed by atoms with E-state index in [9.17, 15) is 0 Å². The van der Waals surface area contributed by atoms with Crippen molar-refractivity contribution in [1.29, 1.82) is 0 Å². The Labute approximate surface area is 109 Å². The maximum atomic E-state index is 4.38. The highest BCUT2D eigenvalue weighted by Gasteiger charge is 2.15. The lowest BCUT2D eigenvalue weighted by Crippen LogP contribution is -2.23. The Kier molecular flexibility index (Phi) is 2.92. The van der Waals surface area contributed by atoms with Gasteiger partial charge >= 0.3 is 0 Å². The summed E-state index contributed by atoms with van der Waals surface area (Å²) in [5, 5.41) is 9.13. The van der Waals surface area contributed by atoms with Crippen LogP contribution in [0.15, 0.2) is 22.8 Å². The molecule has 0 amide bonds. The lowest BCUT2D eigenvalue weighted by molar-refractivity contribution is 0.603. The van der Waals surface area contributed by atoms with Crippen molar-refractivity contribution in [3.05, 3.63) is 28.4 Å². The fourth-order valence-electron chi connectivity index (χ4n) is 2.61. The Hall–Kier alpha value is -0.870. The number of benzene rings is 1. The second kappa shape index (κ2) is 4.42. The lowest BCUT2D eigenvalue weighted by atomic mass is 10.0. The molecule has 1 aliphatic rings. The minimum atomic E-state index is 0.655. The van der Waals surface area contributed by atoms with Crippen molar-refractivity contribution in [3.63, 3.8) is 0 Å². The predicted octanol–water partition coefficient (Wildman–Crippen LogP) is 2.63.